The molecule has 0 fully saturated rings. The Morgan fingerprint density at radius 2 is 1.96 bits per heavy atom. The number of hydrogen-bond acceptors (Lipinski definition) is 4. The van der Waals surface area contributed by atoms with Crippen LogP contribution in [0.25, 0.3) is 5.78 Å². The SMILES string of the molecule is Cc1ccccc1CCNC(=O)CCc1c(C)nc2ncnn2c1C. The summed E-state index contributed by atoms with van der Waals surface area (Å²) in [5.74, 6) is 0.660. The fourth-order valence-electron chi connectivity index (χ4n) is 3.07. The Morgan fingerprint density at radius 1 is 1.16 bits per heavy atom. The van der Waals surface area contributed by atoms with Crippen LogP contribution in [0.15, 0.2) is 30.6 Å². The third-order valence-corrected chi connectivity index (χ3v) is 4.57. The second-order valence-electron chi connectivity index (χ2n) is 6.26. The lowest BCUT2D eigenvalue weighted by Crippen LogP contribution is -2.26. The quantitative estimate of drug-likeness (QED) is 0.749. The first-order chi connectivity index (χ1) is 12.1. The van der Waals surface area contributed by atoms with E-state index in [4.69, 9.17) is 0 Å². The molecule has 0 unspecified atom stereocenters. The Kier molecular flexibility index (Phi) is 5.07. The minimum Gasteiger partial charge on any atom is -0.356 e. The molecule has 0 atom stereocenters. The average molecular weight is 337 g/mol. The van der Waals surface area contributed by atoms with Gasteiger partial charge in [-0.2, -0.15) is 10.1 Å². The maximum absolute atomic E-state index is 12.2. The van der Waals surface area contributed by atoms with Gasteiger partial charge in [0, 0.05) is 24.4 Å². The van der Waals surface area contributed by atoms with Gasteiger partial charge in [-0.15, -0.1) is 0 Å². The number of rotatable bonds is 6. The molecule has 0 aliphatic carbocycles. The van der Waals surface area contributed by atoms with Gasteiger partial charge in [0.1, 0.15) is 6.33 Å². The van der Waals surface area contributed by atoms with E-state index < -0.39 is 0 Å². The minimum atomic E-state index is 0.0612. The van der Waals surface area contributed by atoms with Crippen LogP contribution in [0.1, 0.15) is 34.5 Å². The second kappa shape index (κ2) is 7.42. The van der Waals surface area contributed by atoms with Crippen LogP contribution in [0, 0.1) is 20.8 Å². The summed E-state index contributed by atoms with van der Waals surface area (Å²) < 4.78 is 1.72. The number of fused-ring (bicyclic) bond motifs is 1. The third-order valence-electron chi connectivity index (χ3n) is 4.57. The number of aromatic nitrogens is 4. The molecule has 25 heavy (non-hydrogen) atoms. The zero-order valence-electron chi connectivity index (χ0n) is 14.9. The molecule has 6 heteroatoms. The van der Waals surface area contributed by atoms with Gasteiger partial charge in [0.2, 0.25) is 5.91 Å². The van der Waals surface area contributed by atoms with E-state index in [1.54, 1.807) is 4.52 Å². The molecule has 1 N–H and O–H groups in total. The number of nitrogens with zero attached hydrogens (tertiary/aromatic N) is 4. The standard InChI is InChI=1S/C19H23N5O/c1-13-6-4-5-7-16(13)10-11-20-18(25)9-8-17-14(2)23-19-21-12-22-24(19)15(17)3/h4-7,12H,8-11H2,1-3H3,(H,20,25). The smallest absolute Gasteiger partial charge is 0.252 e. The molecule has 0 aliphatic heterocycles. The van der Waals surface area contributed by atoms with E-state index >= 15 is 0 Å². The van der Waals surface area contributed by atoms with Crippen molar-refractivity contribution in [2.24, 2.45) is 0 Å². The van der Waals surface area contributed by atoms with Crippen molar-refractivity contribution in [3.05, 3.63) is 58.7 Å². The summed E-state index contributed by atoms with van der Waals surface area (Å²) >= 11 is 0. The average Bonchev–Trinajstić information content (AvgIpc) is 3.05. The number of carbonyl (C=O) groups excluding carboxylic acids is 1. The van der Waals surface area contributed by atoms with Crippen LogP contribution in [0.5, 0.6) is 0 Å². The summed E-state index contributed by atoms with van der Waals surface area (Å²) in [7, 11) is 0. The van der Waals surface area contributed by atoms with Crippen molar-refractivity contribution in [3.8, 4) is 0 Å². The van der Waals surface area contributed by atoms with Gasteiger partial charge in [-0.3, -0.25) is 4.79 Å². The molecule has 0 radical (unpaired) electrons. The van der Waals surface area contributed by atoms with Crippen molar-refractivity contribution in [2.75, 3.05) is 6.54 Å². The van der Waals surface area contributed by atoms with Gasteiger partial charge in [0.15, 0.2) is 0 Å². The van der Waals surface area contributed by atoms with E-state index in [1.807, 2.05) is 26.0 Å². The number of carbonyl (C=O) groups is 1. The fourth-order valence-corrected chi connectivity index (χ4v) is 3.07. The first-order valence-corrected chi connectivity index (χ1v) is 8.53. The van der Waals surface area contributed by atoms with Gasteiger partial charge in [0.05, 0.1) is 0 Å². The molecule has 6 nitrogen and oxygen atoms in total. The van der Waals surface area contributed by atoms with Crippen LogP contribution in [0.2, 0.25) is 0 Å². The number of amides is 1. The van der Waals surface area contributed by atoms with Gasteiger partial charge in [0.25, 0.3) is 5.78 Å². The fraction of sp³-hybridized carbons (Fsp3) is 0.368. The third kappa shape index (κ3) is 3.84. The Labute approximate surface area is 147 Å². The normalized spacial score (nSPS) is 11.0. The van der Waals surface area contributed by atoms with Crippen molar-refractivity contribution in [1.29, 1.82) is 0 Å². The lowest BCUT2D eigenvalue weighted by atomic mass is 10.1. The van der Waals surface area contributed by atoms with Gasteiger partial charge in [-0.25, -0.2) is 9.50 Å². The summed E-state index contributed by atoms with van der Waals surface area (Å²) in [5, 5.41) is 7.19. The summed E-state index contributed by atoms with van der Waals surface area (Å²) in [6.45, 7) is 6.69. The van der Waals surface area contributed by atoms with Crippen LogP contribution in [-0.2, 0) is 17.6 Å². The number of benzene rings is 1. The summed E-state index contributed by atoms with van der Waals surface area (Å²) in [4.78, 5) is 20.7. The molecule has 0 saturated carbocycles. The molecule has 0 bridgehead atoms. The van der Waals surface area contributed by atoms with E-state index in [9.17, 15) is 4.79 Å². The summed E-state index contributed by atoms with van der Waals surface area (Å²) in [6.07, 6.45) is 3.44. The molecule has 0 aliphatic rings. The van der Waals surface area contributed by atoms with Crippen molar-refractivity contribution in [2.45, 2.75) is 40.0 Å². The Balaban J connectivity index is 1.55. The van der Waals surface area contributed by atoms with Gasteiger partial charge >= 0.3 is 0 Å². The first kappa shape index (κ1) is 17.1. The molecule has 3 rings (SSSR count). The Hall–Kier alpha value is -2.76. The van der Waals surface area contributed by atoms with E-state index in [1.165, 1.54) is 17.5 Å². The van der Waals surface area contributed by atoms with Crippen LogP contribution < -0.4 is 5.32 Å². The van der Waals surface area contributed by atoms with Gasteiger partial charge < -0.3 is 5.32 Å². The van der Waals surface area contributed by atoms with E-state index in [2.05, 4.69) is 39.4 Å². The molecule has 0 saturated heterocycles. The zero-order chi connectivity index (χ0) is 17.8. The van der Waals surface area contributed by atoms with E-state index in [0.717, 1.165) is 23.4 Å². The van der Waals surface area contributed by atoms with Crippen molar-refractivity contribution in [1.82, 2.24) is 24.9 Å². The highest BCUT2D eigenvalue weighted by atomic mass is 16.1. The first-order valence-electron chi connectivity index (χ1n) is 8.53. The maximum Gasteiger partial charge on any atom is 0.252 e. The van der Waals surface area contributed by atoms with Crippen molar-refractivity contribution < 1.29 is 4.79 Å². The predicted octanol–water partition coefficient (Wildman–Crippen LogP) is 2.34. The monoisotopic (exact) mass is 337 g/mol. The lowest BCUT2D eigenvalue weighted by Gasteiger charge is -2.11. The molecule has 130 valence electrons. The molecule has 2 heterocycles. The van der Waals surface area contributed by atoms with E-state index in [0.29, 0.717) is 25.2 Å². The van der Waals surface area contributed by atoms with Gasteiger partial charge in [-0.05, 0) is 50.3 Å². The molecular formula is C19H23N5O. The topological polar surface area (TPSA) is 72.2 Å². The molecule has 1 aromatic carbocycles. The highest BCUT2D eigenvalue weighted by Gasteiger charge is 2.12. The number of hydrogen-bond donors (Lipinski definition) is 1. The summed E-state index contributed by atoms with van der Waals surface area (Å²) in [6, 6.07) is 8.26. The Morgan fingerprint density at radius 3 is 2.76 bits per heavy atom. The molecular weight excluding hydrogens is 314 g/mol. The van der Waals surface area contributed by atoms with E-state index in [-0.39, 0.29) is 5.91 Å². The zero-order valence-corrected chi connectivity index (χ0v) is 14.9. The molecule has 0 spiro atoms. The van der Waals surface area contributed by atoms with Crippen molar-refractivity contribution >= 4 is 11.7 Å². The predicted molar refractivity (Wildman–Crippen MR) is 96.5 cm³/mol. The molecule has 3 aromatic rings. The number of nitrogens with one attached hydrogen (secondary N) is 1. The number of aryl methyl sites for hydroxylation is 3. The minimum absolute atomic E-state index is 0.0612. The largest absolute Gasteiger partial charge is 0.356 e. The van der Waals surface area contributed by atoms with Crippen LogP contribution in [0.4, 0.5) is 0 Å². The van der Waals surface area contributed by atoms with Crippen LogP contribution in [0.3, 0.4) is 0 Å². The van der Waals surface area contributed by atoms with Crippen molar-refractivity contribution in [3.63, 3.8) is 0 Å². The summed E-state index contributed by atoms with van der Waals surface area (Å²) in [5.41, 5.74) is 5.50. The van der Waals surface area contributed by atoms with Crippen LogP contribution >= 0.6 is 0 Å². The second-order valence-corrected chi connectivity index (χ2v) is 6.26. The van der Waals surface area contributed by atoms with Crippen LogP contribution in [-0.4, -0.2) is 32.0 Å². The Bertz CT molecular complexity index is 900. The van der Waals surface area contributed by atoms with Gasteiger partial charge in [-0.1, -0.05) is 24.3 Å². The molecule has 2 aromatic heterocycles. The highest BCUT2D eigenvalue weighted by molar-refractivity contribution is 5.76. The maximum atomic E-state index is 12.2. The lowest BCUT2D eigenvalue weighted by molar-refractivity contribution is -0.121. The highest BCUT2D eigenvalue weighted by Crippen LogP contribution is 2.14. The molecule has 1 amide bonds.